The molecule has 0 spiro atoms. The van der Waals surface area contributed by atoms with E-state index in [4.69, 9.17) is 5.41 Å². The van der Waals surface area contributed by atoms with Crippen molar-refractivity contribution in [1.82, 2.24) is 24.7 Å². The molecule has 1 amide bonds. The number of likely N-dealkylation sites (tertiary alicyclic amines) is 1. The largest absolute Gasteiger partial charge is 0.510 e. The molecule has 0 radical (unpaired) electrons. The molecular formula is C23H29FN6O3. The van der Waals surface area contributed by atoms with Gasteiger partial charge in [0.05, 0.1) is 12.6 Å². The number of carbonyl (C=O) groups is 1. The van der Waals surface area contributed by atoms with E-state index in [0.29, 0.717) is 5.56 Å². The van der Waals surface area contributed by atoms with Crippen LogP contribution in [0.2, 0.25) is 0 Å². The molecule has 2 fully saturated rings. The molecule has 0 aliphatic carbocycles. The summed E-state index contributed by atoms with van der Waals surface area (Å²) in [6, 6.07) is 5.71. The van der Waals surface area contributed by atoms with E-state index in [1.165, 1.54) is 21.9 Å². The van der Waals surface area contributed by atoms with Crippen LogP contribution in [0.4, 0.5) is 4.39 Å². The molecule has 4 rings (SSSR count). The van der Waals surface area contributed by atoms with Gasteiger partial charge < -0.3 is 20.1 Å². The van der Waals surface area contributed by atoms with Crippen molar-refractivity contribution in [3.8, 4) is 0 Å². The quantitative estimate of drug-likeness (QED) is 0.392. The Labute approximate surface area is 191 Å². The summed E-state index contributed by atoms with van der Waals surface area (Å²) in [4.78, 5) is 25.2. The SMILES string of the molecule is CCN1C(=O)C(=C(O)CN2CCCC[C@@H]2c2ncc[nH]2)C(=N)N(Cc2ccc(F)cc2)C1O. The summed E-state index contributed by atoms with van der Waals surface area (Å²) < 4.78 is 13.3. The van der Waals surface area contributed by atoms with Gasteiger partial charge in [0.2, 0.25) is 6.35 Å². The van der Waals surface area contributed by atoms with Gasteiger partial charge in [-0.05, 0) is 44.0 Å². The number of aromatic nitrogens is 2. The second-order valence-electron chi connectivity index (χ2n) is 8.32. The minimum absolute atomic E-state index is 0.0208. The zero-order valence-electron chi connectivity index (χ0n) is 18.5. The lowest BCUT2D eigenvalue weighted by molar-refractivity contribution is -0.151. The highest BCUT2D eigenvalue weighted by Crippen LogP contribution is 2.31. The van der Waals surface area contributed by atoms with Crippen LogP contribution in [-0.2, 0) is 11.3 Å². The van der Waals surface area contributed by atoms with Crippen LogP contribution in [0.3, 0.4) is 0 Å². The number of nitrogens with one attached hydrogen (secondary N) is 2. The van der Waals surface area contributed by atoms with Crippen molar-refractivity contribution >= 4 is 11.7 Å². The van der Waals surface area contributed by atoms with E-state index in [1.54, 1.807) is 31.5 Å². The number of hydrogen-bond acceptors (Lipinski definition) is 6. The zero-order valence-corrected chi connectivity index (χ0v) is 18.5. The molecule has 33 heavy (non-hydrogen) atoms. The maximum atomic E-state index is 13.3. The summed E-state index contributed by atoms with van der Waals surface area (Å²) in [6.45, 7) is 2.82. The Kier molecular flexibility index (Phi) is 6.75. The molecule has 0 bridgehead atoms. The molecule has 9 nitrogen and oxygen atoms in total. The van der Waals surface area contributed by atoms with Crippen molar-refractivity contribution < 1.29 is 19.4 Å². The van der Waals surface area contributed by atoms with Gasteiger partial charge in [-0.25, -0.2) is 9.37 Å². The molecule has 0 saturated carbocycles. The Balaban J connectivity index is 1.62. The molecule has 2 aliphatic heterocycles. The fourth-order valence-corrected chi connectivity index (χ4v) is 4.51. The van der Waals surface area contributed by atoms with E-state index < -0.39 is 12.3 Å². The lowest BCUT2D eigenvalue weighted by Crippen LogP contribution is -2.59. The third-order valence-electron chi connectivity index (χ3n) is 6.25. The van der Waals surface area contributed by atoms with Crippen LogP contribution >= 0.6 is 0 Å². The van der Waals surface area contributed by atoms with Gasteiger partial charge in [-0.1, -0.05) is 18.6 Å². The highest BCUT2D eigenvalue weighted by atomic mass is 19.1. The number of benzene rings is 1. The van der Waals surface area contributed by atoms with E-state index in [9.17, 15) is 19.4 Å². The molecule has 10 heteroatoms. The van der Waals surface area contributed by atoms with Crippen LogP contribution in [-0.4, -0.2) is 72.6 Å². The van der Waals surface area contributed by atoms with Crippen LogP contribution in [0.15, 0.2) is 48.0 Å². The van der Waals surface area contributed by atoms with Crippen LogP contribution in [0, 0.1) is 11.2 Å². The number of H-pyrrole nitrogens is 1. The van der Waals surface area contributed by atoms with Gasteiger partial charge in [0.15, 0.2) is 0 Å². The first-order valence-corrected chi connectivity index (χ1v) is 11.1. The molecular weight excluding hydrogens is 427 g/mol. The minimum Gasteiger partial charge on any atom is -0.510 e. The minimum atomic E-state index is -1.36. The van der Waals surface area contributed by atoms with Crippen LogP contribution in [0.1, 0.15) is 43.6 Å². The number of nitrogens with zero attached hydrogens (tertiary/aromatic N) is 4. The highest BCUT2D eigenvalue weighted by molar-refractivity contribution is 6.21. The van der Waals surface area contributed by atoms with Crippen molar-refractivity contribution in [3.63, 3.8) is 0 Å². The third kappa shape index (κ3) is 4.62. The van der Waals surface area contributed by atoms with Gasteiger partial charge in [-0.2, -0.15) is 0 Å². The van der Waals surface area contributed by atoms with Crippen molar-refractivity contribution in [3.05, 3.63) is 65.2 Å². The standard InChI is InChI=1S/C23H29FN6O3/c1-2-29-22(32)19(20(25)30(23(29)33)13-15-6-8-16(24)9-7-15)18(31)14-28-12-4-3-5-17(28)21-26-10-11-27-21/h6-11,17,23,25,31,33H,2-5,12-14H2,1H3,(H,26,27)/t17-,23?/m1/s1. The summed E-state index contributed by atoms with van der Waals surface area (Å²) in [6.07, 6.45) is 4.96. The second-order valence-corrected chi connectivity index (χ2v) is 8.32. The van der Waals surface area contributed by atoms with Gasteiger partial charge >= 0.3 is 0 Å². The number of halogens is 1. The van der Waals surface area contributed by atoms with Crippen molar-refractivity contribution in [2.45, 2.75) is 45.1 Å². The molecule has 176 valence electrons. The highest BCUT2D eigenvalue weighted by Gasteiger charge is 2.41. The van der Waals surface area contributed by atoms with Gasteiger partial charge in [0, 0.05) is 25.5 Å². The Bertz CT molecular complexity index is 1020. The second kappa shape index (κ2) is 9.72. The fraction of sp³-hybridized carbons (Fsp3) is 0.435. The summed E-state index contributed by atoms with van der Waals surface area (Å²) in [7, 11) is 0. The monoisotopic (exact) mass is 456 g/mol. The summed E-state index contributed by atoms with van der Waals surface area (Å²) >= 11 is 0. The van der Waals surface area contributed by atoms with Crippen LogP contribution < -0.4 is 0 Å². The number of likely N-dealkylation sites (N-methyl/N-ethyl adjacent to an activating group) is 1. The summed E-state index contributed by atoms with van der Waals surface area (Å²) in [5.74, 6) is -0.636. The molecule has 4 N–H and O–H groups in total. The summed E-state index contributed by atoms with van der Waals surface area (Å²) in [5.41, 5.74) is 0.534. The number of rotatable bonds is 6. The maximum Gasteiger partial charge on any atom is 0.264 e. The Hall–Kier alpha value is -3.24. The number of amides is 1. The number of hydrogen-bond donors (Lipinski definition) is 4. The van der Waals surface area contributed by atoms with Crippen LogP contribution in [0.5, 0.6) is 0 Å². The number of aliphatic hydroxyl groups excluding tert-OH is 2. The molecule has 2 aromatic rings. The lowest BCUT2D eigenvalue weighted by Gasteiger charge is -2.42. The molecule has 1 aromatic heterocycles. The summed E-state index contributed by atoms with van der Waals surface area (Å²) in [5, 5.41) is 30.5. The molecule has 2 aliphatic rings. The predicted molar refractivity (Wildman–Crippen MR) is 119 cm³/mol. The zero-order chi connectivity index (χ0) is 23.5. The van der Waals surface area contributed by atoms with Gasteiger partial charge in [0.1, 0.15) is 28.8 Å². The smallest absolute Gasteiger partial charge is 0.264 e. The van der Waals surface area contributed by atoms with Gasteiger partial charge in [0.25, 0.3) is 5.91 Å². The van der Waals surface area contributed by atoms with E-state index >= 15 is 0 Å². The van der Waals surface area contributed by atoms with E-state index in [0.717, 1.165) is 31.6 Å². The number of amidine groups is 1. The number of carbonyl (C=O) groups excluding carboxylic acids is 1. The number of aromatic amines is 1. The van der Waals surface area contributed by atoms with Crippen molar-refractivity contribution in [1.29, 1.82) is 5.41 Å². The van der Waals surface area contributed by atoms with Gasteiger partial charge in [-0.3, -0.25) is 20.0 Å². The Morgan fingerprint density at radius 2 is 2.03 bits per heavy atom. The number of piperidine rings is 1. The first-order valence-electron chi connectivity index (χ1n) is 11.1. The normalized spacial score (nSPS) is 23.8. The Morgan fingerprint density at radius 3 is 2.70 bits per heavy atom. The van der Waals surface area contributed by atoms with Crippen molar-refractivity contribution in [2.24, 2.45) is 0 Å². The van der Waals surface area contributed by atoms with E-state index in [2.05, 4.69) is 14.9 Å². The Morgan fingerprint density at radius 1 is 1.27 bits per heavy atom. The van der Waals surface area contributed by atoms with E-state index in [-0.39, 0.29) is 48.7 Å². The molecule has 2 atom stereocenters. The number of imidazole rings is 1. The predicted octanol–water partition coefficient (Wildman–Crippen LogP) is 2.51. The fourth-order valence-electron chi connectivity index (χ4n) is 4.51. The first kappa shape index (κ1) is 22.9. The first-order chi connectivity index (χ1) is 15.9. The average molecular weight is 457 g/mol. The number of aliphatic hydroxyl groups is 2. The lowest BCUT2D eigenvalue weighted by atomic mass is 10.0. The molecule has 1 aromatic carbocycles. The molecule has 2 saturated heterocycles. The van der Waals surface area contributed by atoms with Crippen LogP contribution in [0.25, 0.3) is 0 Å². The van der Waals surface area contributed by atoms with Gasteiger partial charge in [-0.15, -0.1) is 0 Å². The average Bonchev–Trinajstić information content (AvgIpc) is 3.33. The van der Waals surface area contributed by atoms with Crippen molar-refractivity contribution in [2.75, 3.05) is 19.6 Å². The topological polar surface area (TPSA) is 120 Å². The third-order valence-corrected chi connectivity index (χ3v) is 6.25. The molecule has 1 unspecified atom stereocenters. The van der Waals surface area contributed by atoms with E-state index in [1.807, 2.05) is 0 Å². The molecule has 3 heterocycles. The maximum absolute atomic E-state index is 13.3.